The van der Waals surface area contributed by atoms with Crippen LogP contribution < -0.4 is 14.2 Å². The Labute approximate surface area is 237 Å². The van der Waals surface area contributed by atoms with Crippen molar-refractivity contribution in [3.8, 4) is 17.2 Å². The fourth-order valence-electron chi connectivity index (χ4n) is 4.76. The number of methoxy groups -OCH3 is 3. The summed E-state index contributed by atoms with van der Waals surface area (Å²) >= 11 is 0. The van der Waals surface area contributed by atoms with Gasteiger partial charge in [0.05, 0.1) is 50.6 Å². The van der Waals surface area contributed by atoms with Crippen LogP contribution in [0.1, 0.15) is 54.0 Å². The quantitative estimate of drug-likeness (QED) is 0.331. The lowest BCUT2D eigenvalue weighted by molar-refractivity contribution is -0.159. The molecule has 11 nitrogen and oxygen atoms in total. The molecule has 3 rings (SSSR count). The minimum Gasteiger partial charge on any atom is -0.496 e. The maximum absolute atomic E-state index is 13.8. The Morgan fingerprint density at radius 1 is 0.975 bits per heavy atom. The summed E-state index contributed by atoms with van der Waals surface area (Å²) in [5.74, 6) is -0.454. The lowest BCUT2D eigenvalue weighted by Gasteiger charge is -2.32. The third kappa shape index (κ3) is 7.20. The third-order valence-corrected chi connectivity index (χ3v) is 7.47. The first-order valence-corrected chi connectivity index (χ1v) is 13.4. The highest BCUT2D eigenvalue weighted by Gasteiger charge is 2.52. The first kappa shape index (κ1) is 31.5. The van der Waals surface area contributed by atoms with E-state index in [2.05, 4.69) is 0 Å². The number of ether oxygens (including phenoxy) is 4. The van der Waals surface area contributed by atoms with Crippen molar-refractivity contribution in [2.45, 2.75) is 78.1 Å². The normalized spacial score (nSPS) is 20.9. The SMILES string of the molecule is COc1cc(OC)c(CN2CC(CB3OC(C)(C)C(C)(C)O3)C(=O)N(CC(=O)OC(C)(C)C)CC2=O)c(OC)c1. The van der Waals surface area contributed by atoms with Crippen LogP contribution in [0.4, 0.5) is 0 Å². The van der Waals surface area contributed by atoms with Crippen molar-refractivity contribution in [1.29, 1.82) is 0 Å². The van der Waals surface area contributed by atoms with Gasteiger partial charge in [-0.1, -0.05) is 0 Å². The maximum atomic E-state index is 13.8. The fraction of sp³-hybridized carbons (Fsp3) is 0.679. The number of hydrogen-bond donors (Lipinski definition) is 0. The summed E-state index contributed by atoms with van der Waals surface area (Å²) in [6.45, 7) is 12.6. The molecule has 0 aliphatic carbocycles. The second kappa shape index (κ2) is 11.9. The molecule has 222 valence electrons. The Morgan fingerprint density at radius 2 is 1.52 bits per heavy atom. The van der Waals surface area contributed by atoms with Crippen molar-refractivity contribution >= 4 is 24.9 Å². The Morgan fingerprint density at radius 3 is 2.00 bits per heavy atom. The number of benzene rings is 1. The van der Waals surface area contributed by atoms with E-state index in [4.69, 9.17) is 28.3 Å². The van der Waals surface area contributed by atoms with Crippen LogP contribution in [-0.4, -0.2) is 92.5 Å². The highest BCUT2D eigenvalue weighted by Crippen LogP contribution is 2.40. The smallest absolute Gasteiger partial charge is 0.458 e. The van der Waals surface area contributed by atoms with Crippen LogP contribution in [0, 0.1) is 5.92 Å². The first-order chi connectivity index (χ1) is 18.5. The molecule has 1 atom stereocenters. The van der Waals surface area contributed by atoms with Crippen LogP contribution in [-0.2, 0) is 35.0 Å². The molecule has 12 heteroatoms. The zero-order chi connectivity index (χ0) is 30.0. The molecule has 2 fully saturated rings. The Kier molecular flexibility index (Phi) is 9.35. The van der Waals surface area contributed by atoms with E-state index in [1.807, 2.05) is 27.7 Å². The molecule has 2 amide bonds. The summed E-state index contributed by atoms with van der Waals surface area (Å²) in [5.41, 5.74) is -1.27. The van der Waals surface area contributed by atoms with E-state index in [1.165, 1.54) is 26.2 Å². The van der Waals surface area contributed by atoms with Crippen LogP contribution in [0.5, 0.6) is 17.2 Å². The van der Waals surface area contributed by atoms with E-state index >= 15 is 0 Å². The molecule has 2 heterocycles. The minimum absolute atomic E-state index is 0.0882. The summed E-state index contributed by atoms with van der Waals surface area (Å²) < 4.78 is 34.3. The molecule has 1 aromatic carbocycles. The van der Waals surface area contributed by atoms with Crippen molar-refractivity contribution in [3.05, 3.63) is 17.7 Å². The lowest BCUT2D eigenvalue weighted by atomic mass is 9.76. The van der Waals surface area contributed by atoms with E-state index in [-0.39, 0.29) is 44.3 Å². The summed E-state index contributed by atoms with van der Waals surface area (Å²) in [4.78, 5) is 42.9. The molecular formula is C28H43BN2O9. The van der Waals surface area contributed by atoms with Crippen molar-refractivity contribution in [3.63, 3.8) is 0 Å². The number of amides is 2. The predicted octanol–water partition coefficient (Wildman–Crippen LogP) is 2.93. The first-order valence-electron chi connectivity index (χ1n) is 13.4. The Balaban J connectivity index is 1.93. The molecular weight excluding hydrogens is 519 g/mol. The Bertz CT molecular complexity index is 1070. The van der Waals surface area contributed by atoms with Gasteiger partial charge >= 0.3 is 13.1 Å². The number of rotatable bonds is 9. The van der Waals surface area contributed by atoms with Crippen LogP contribution in [0.15, 0.2) is 12.1 Å². The monoisotopic (exact) mass is 562 g/mol. The van der Waals surface area contributed by atoms with Crippen molar-refractivity contribution < 1.29 is 42.6 Å². The summed E-state index contributed by atoms with van der Waals surface area (Å²) in [6.07, 6.45) is 0.206. The number of carbonyl (C=O) groups excluding carboxylic acids is 3. The van der Waals surface area contributed by atoms with Gasteiger partial charge in [-0.05, 0) is 54.8 Å². The van der Waals surface area contributed by atoms with Crippen molar-refractivity contribution in [2.75, 3.05) is 41.0 Å². The van der Waals surface area contributed by atoms with Gasteiger partial charge in [0.25, 0.3) is 0 Å². The van der Waals surface area contributed by atoms with E-state index < -0.39 is 35.8 Å². The zero-order valence-electron chi connectivity index (χ0n) is 25.4. The highest BCUT2D eigenvalue weighted by molar-refractivity contribution is 6.46. The molecule has 0 saturated carbocycles. The number of carbonyl (C=O) groups is 3. The third-order valence-electron chi connectivity index (χ3n) is 7.47. The van der Waals surface area contributed by atoms with E-state index in [0.717, 1.165) is 0 Å². The molecule has 2 saturated heterocycles. The maximum Gasteiger partial charge on any atom is 0.458 e. The van der Waals surface area contributed by atoms with Gasteiger partial charge in [0.2, 0.25) is 11.8 Å². The number of hydrogen-bond acceptors (Lipinski definition) is 9. The molecule has 0 bridgehead atoms. The topological polar surface area (TPSA) is 113 Å². The summed E-state index contributed by atoms with van der Waals surface area (Å²) in [5, 5.41) is 0. The van der Waals surface area contributed by atoms with Gasteiger partial charge in [-0.2, -0.15) is 0 Å². The lowest BCUT2D eigenvalue weighted by Crippen LogP contribution is -2.43. The van der Waals surface area contributed by atoms with Crippen molar-refractivity contribution in [2.24, 2.45) is 5.92 Å². The fourth-order valence-corrected chi connectivity index (χ4v) is 4.76. The van der Waals surface area contributed by atoms with Crippen LogP contribution >= 0.6 is 0 Å². The summed E-state index contributed by atoms with van der Waals surface area (Å²) in [7, 11) is 3.92. The van der Waals surface area contributed by atoms with Gasteiger partial charge in [0.15, 0.2) is 0 Å². The Hall–Kier alpha value is -2.99. The van der Waals surface area contributed by atoms with Crippen molar-refractivity contribution in [1.82, 2.24) is 9.80 Å². The molecule has 0 radical (unpaired) electrons. The standard InChI is InChI=1S/C28H43BN2O9/c1-26(2,3)38-24(33)17-31-16-23(32)30(15-20-21(36-9)11-19(35-8)12-22(20)37-10)14-18(25(31)34)13-29-39-27(4,5)28(6,7)40-29/h11-12,18H,13-17H2,1-10H3. The van der Waals surface area contributed by atoms with Crippen LogP contribution in [0.3, 0.4) is 0 Å². The zero-order valence-corrected chi connectivity index (χ0v) is 25.4. The van der Waals surface area contributed by atoms with Gasteiger partial charge in [-0.15, -0.1) is 0 Å². The van der Waals surface area contributed by atoms with Gasteiger partial charge < -0.3 is 38.1 Å². The second-order valence-corrected chi connectivity index (χ2v) is 12.2. The van der Waals surface area contributed by atoms with E-state index in [1.54, 1.807) is 37.8 Å². The van der Waals surface area contributed by atoms with E-state index in [0.29, 0.717) is 22.8 Å². The molecule has 0 aromatic heterocycles. The van der Waals surface area contributed by atoms with Crippen LogP contribution in [0.25, 0.3) is 0 Å². The molecule has 1 aromatic rings. The average molecular weight is 562 g/mol. The molecule has 2 aliphatic rings. The van der Waals surface area contributed by atoms with Gasteiger partial charge in [-0.25, -0.2) is 0 Å². The number of nitrogens with zero attached hydrogens (tertiary/aromatic N) is 2. The minimum atomic E-state index is -0.731. The summed E-state index contributed by atoms with van der Waals surface area (Å²) in [6, 6.07) is 3.42. The predicted molar refractivity (Wildman–Crippen MR) is 148 cm³/mol. The van der Waals surface area contributed by atoms with Gasteiger partial charge in [0.1, 0.15) is 35.9 Å². The highest BCUT2D eigenvalue weighted by atomic mass is 16.7. The molecule has 0 spiro atoms. The number of esters is 1. The second-order valence-electron chi connectivity index (χ2n) is 12.2. The largest absolute Gasteiger partial charge is 0.496 e. The molecule has 2 aliphatic heterocycles. The molecule has 1 unspecified atom stereocenters. The van der Waals surface area contributed by atoms with Crippen LogP contribution in [0.2, 0.25) is 6.32 Å². The average Bonchev–Trinajstić information content (AvgIpc) is 2.99. The van der Waals surface area contributed by atoms with Gasteiger partial charge in [0, 0.05) is 18.7 Å². The molecule has 40 heavy (non-hydrogen) atoms. The van der Waals surface area contributed by atoms with Gasteiger partial charge in [-0.3, -0.25) is 14.4 Å². The molecule has 0 N–H and O–H groups in total. The van der Waals surface area contributed by atoms with E-state index in [9.17, 15) is 14.4 Å².